The van der Waals surface area contributed by atoms with Gasteiger partial charge < -0.3 is 4.90 Å². The summed E-state index contributed by atoms with van der Waals surface area (Å²) in [6.07, 6.45) is 1.91. The molecule has 0 aliphatic rings. The van der Waals surface area contributed by atoms with Crippen molar-refractivity contribution in [3.05, 3.63) is 161 Å². The van der Waals surface area contributed by atoms with Gasteiger partial charge in [-0.05, 0) is 77.9 Å². The number of hydrogen-bond donors (Lipinski definition) is 0. The molecule has 1 heterocycles. The van der Waals surface area contributed by atoms with Gasteiger partial charge in [-0.2, -0.15) is 0 Å². The van der Waals surface area contributed by atoms with E-state index < -0.39 is 0 Å². The van der Waals surface area contributed by atoms with Crippen molar-refractivity contribution in [3.8, 4) is 11.3 Å². The number of rotatable bonds is 7. The summed E-state index contributed by atoms with van der Waals surface area (Å²) < 4.78 is 0. The van der Waals surface area contributed by atoms with E-state index in [0.717, 1.165) is 28.3 Å². The van der Waals surface area contributed by atoms with E-state index in [1.54, 1.807) is 0 Å². The van der Waals surface area contributed by atoms with Crippen LogP contribution in [0.2, 0.25) is 0 Å². The van der Waals surface area contributed by atoms with Crippen molar-refractivity contribution in [1.82, 2.24) is 4.98 Å². The van der Waals surface area contributed by atoms with Crippen LogP contribution in [-0.4, -0.2) is 11.7 Å². The van der Waals surface area contributed by atoms with Crippen molar-refractivity contribution >= 4 is 40.2 Å². The maximum atomic E-state index is 4.82. The summed E-state index contributed by atoms with van der Waals surface area (Å²) in [6.45, 7) is 13.6. The van der Waals surface area contributed by atoms with E-state index in [1.165, 1.54) is 49.8 Å². The Bertz CT molecular complexity index is 1770. The lowest BCUT2D eigenvalue weighted by molar-refractivity contribution is 1.24. The normalized spacial score (nSPS) is 11.0. The lowest BCUT2D eigenvalue weighted by Crippen LogP contribution is -2.55. The molecule has 3 heteroatoms. The highest BCUT2D eigenvalue weighted by Crippen LogP contribution is 2.35. The van der Waals surface area contributed by atoms with E-state index in [0.29, 0.717) is 0 Å². The summed E-state index contributed by atoms with van der Waals surface area (Å²) in [5.41, 5.74) is 17.4. The van der Waals surface area contributed by atoms with Gasteiger partial charge >= 0.3 is 0 Å². The van der Waals surface area contributed by atoms with Crippen molar-refractivity contribution in [2.24, 2.45) is 0 Å². The van der Waals surface area contributed by atoms with Crippen LogP contribution in [0, 0.1) is 41.5 Å². The maximum Gasteiger partial charge on any atom is 0.242 e. The van der Waals surface area contributed by atoms with Gasteiger partial charge in [-0.3, -0.25) is 4.98 Å². The Hall–Kier alpha value is -4.89. The van der Waals surface area contributed by atoms with Crippen molar-refractivity contribution in [2.45, 2.75) is 41.5 Å². The second-order valence-corrected chi connectivity index (χ2v) is 12.1. The van der Waals surface area contributed by atoms with Gasteiger partial charge in [-0.1, -0.05) is 135 Å². The molecule has 0 atom stereocenters. The predicted molar refractivity (Wildman–Crippen MR) is 190 cm³/mol. The molecule has 0 aliphatic carbocycles. The number of nitrogens with zero attached hydrogens (tertiary/aromatic N) is 2. The molecule has 44 heavy (non-hydrogen) atoms. The van der Waals surface area contributed by atoms with Crippen molar-refractivity contribution < 1.29 is 0 Å². The lowest BCUT2D eigenvalue weighted by atomic mass is 9.34. The minimum Gasteiger partial charge on any atom is -0.310 e. The van der Waals surface area contributed by atoms with Crippen LogP contribution in [0.1, 0.15) is 33.4 Å². The highest BCUT2D eigenvalue weighted by Gasteiger charge is 2.28. The van der Waals surface area contributed by atoms with Gasteiger partial charge in [-0.25, -0.2) is 0 Å². The summed E-state index contributed by atoms with van der Waals surface area (Å²) >= 11 is 0. The predicted octanol–water partition coefficient (Wildman–Crippen LogP) is 8.59. The average molecular weight is 571 g/mol. The molecule has 216 valence electrons. The molecule has 0 bridgehead atoms. The van der Waals surface area contributed by atoms with Gasteiger partial charge in [0, 0.05) is 28.8 Å². The van der Waals surface area contributed by atoms with Crippen LogP contribution in [0.4, 0.5) is 17.1 Å². The molecule has 5 aromatic carbocycles. The van der Waals surface area contributed by atoms with Gasteiger partial charge in [0.25, 0.3) is 0 Å². The van der Waals surface area contributed by atoms with Gasteiger partial charge in [0.15, 0.2) is 0 Å². The van der Waals surface area contributed by atoms with E-state index in [4.69, 9.17) is 4.98 Å². The zero-order chi connectivity index (χ0) is 30.8. The number of aryl methyl sites for hydroxylation is 6. The first-order valence-corrected chi connectivity index (χ1v) is 15.4. The Kier molecular flexibility index (Phi) is 8.22. The average Bonchev–Trinajstić information content (AvgIpc) is 3.01. The first-order chi connectivity index (χ1) is 21.3. The molecule has 0 unspecified atom stereocenters. The summed E-state index contributed by atoms with van der Waals surface area (Å²) in [4.78, 5) is 7.10. The molecule has 0 fully saturated rings. The highest BCUT2D eigenvalue weighted by molar-refractivity contribution is 6.96. The van der Waals surface area contributed by atoms with Crippen LogP contribution in [0.25, 0.3) is 11.3 Å². The second-order valence-electron chi connectivity index (χ2n) is 12.1. The summed E-state index contributed by atoms with van der Waals surface area (Å²) in [5, 5.41) is 0. The second kappa shape index (κ2) is 12.4. The van der Waals surface area contributed by atoms with Gasteiger partial charge in [0.1, 0.15) is 0 Å². The SMILES string of the molecule is Cc1cc(C)c(B(c2ccc(-c3cc(N(c4ccccc4)c4ccccc4)ccn3)cc2)c2c(C)cc(C)cc2C)c(C)c1. The smallest absolute Gasteiger partial charge is 0.242 e. The van der Waals surface area contributed by atoms with E-state index >= 15 is 0 Å². The quantitative estimate of drug-likeness (QED) is 0.179. The number of anilines is 3. The minimum atomic E-state index is 0.149. The Morgan fingerprint density at radius 3 is 1.39 bits per heavy atom. The van der Waals surface area contributed by atoms with Crippen molar-refractivity contribution in [1.29, 1.82) is 0 Å². The molecule has 1 aromatic heterocycles. The van der Waals surface area contributed by atoms with Crippen LogP contribution in [0.15, 0.2) is 128 Å². The molecule has 2 nitrogen and oxygen atoms in total. The minimum absolute atomic E-state index is 0.149. The number of para-hydroxylation sites is 2. The topological polar surface area (TPSA) is 16.1 Å². The molecule has 0 amide bonds. The molecule has 0 radical (unpaired) electrons. The van der Waals surface area contributed by atoms with E-state index in [-0.39, 0.29) is 6.71 Å². The summed E-state index contributed by atoms with van der Waals surface area (Å²) in [5.74, 6) is 0. The standard InChI is InChI=1S/C41H39BN2/c1-28-23-30(3)40(31(4)24-28)42(41-32(5)25-29(2)26-33(41)6)35-19-17-34(18-20-35)39-27-38(21-22-43-39)44(36-13-9-7-10-14-36)37-15-11-8-12-16-37/h7-27H,1-6H3. The van der Waals surface area contributed by atoms with Crippen LogP contribution < -0.4 is 21.3 Å². The molecule has 0 N–H and O–H groups in total. The lowest BCUT2D eigenvalue weighted by Gasteiger charge is -2.26. The van der Waals surface area contributed by atoms with Gasteiger partial charge in [-0.15, -0.1) is 0 Å². The Morgan fingerprint density at radius 1 is 0.477 bits per heavy atom. The molecular weight excluding hydrogens is 531 g/mol. The zero-order valence-corrected chi connectivity index (χ0v) is 26.6. The fourth-order valence-corrected chi connectivity index (χ4v) is 6.93. The highest BCUT2D eigenvalue weighted by atomic mass is 15.1. The Labute approximate surface area is 263 Å². The monoisotopic (exact) mass is 570 g/mol. The van der Waals surface area contributed by atoms with E-state index in [9.17, 15) is 0 Å². The Balaban J connectivity index is 1.44. The van der Waals surface area contributed by atoms with E-state index in [2.05, 4.69) is 168 Å². The number of hydrogen-bond acceptors (Lipinski definition) is 2. The van der Waals surface area contributed by atoms with Gasteiger partial charge in [0.2, 0.25) is 6.71 Å². The van der Waals surface area contributed by atoms with Gasteiger partial charge in [0.05, 0.1) is 5.69 Å². The first kappa shape index (κ1) is 29.2. The number of benzene rings is 5. The fourth-order valence-electron chi connectivity index (χ4n) is 6.93. The first-order valence-electron chi connectivity index (χ1n) is 15.4. The van der Waals surface area contributed by atoms with Crippen LogP contribution in [0.5, 0.6) is 0 Å². The number of aromatic nitrogens is 1. The largest absolute Gasteiger partial charge is 0.310 e. The molecular formula is C41H39BN2. The molecule has 0 saturated heterocycles. The summed E-state index contributed by atoms with van der Waals surface area (Å²) in [6, 6.07) is 43.7. The number of pyridine rings is 1. The van der Waals surface area contributed by atoms with Crippen LogP contribution in [0.3, 0.4) is 0 Å². The molecule has 6 rings (SSSR count). The third kappa shape index (κ3) is 5.83. The van der Waals surface area contributed by atoms with Crippen LogP contribution in [-0.2, 0) is 0 Å². The Morgan fingerprint density at radius 2 is 0.932 bits per heavy atom. The fraction of sp³-hybridized carbons (Fsp3) is 0.146. The van der Waals surface area contributed by atoms with Crippen molar-refractivity contribution in [2.75, 3.05) is 4.90 Å². The molecule has 6 aromatic rings. The van der Waals surface area contributed by atoms with E-state index in [1.807, 2.05) is 6.20 Å². The van der Waals surface area contributed by atoms with Crippen LogP contribution >= 0.6 is 0 Å². The third-order valence-corrected chi connectivity index (χ3v) is 8.62. The molecule has 0 aliphatic heterocycles. The zero-order valence-electron chi connectivity index (χ0n) is 26.6. The van der Waals surface area contributed by atoms with Crippen molar-refractivity contribution in [3.63, 3.8) is 0 Å². The molecule has 0 spiro atoms. The molecule has 0 saturated carbocycles. The maximum absolute atomic E-state index is 4.82. The third-order valence-electron chi connectivity index (χ3n) is 8.62. The summed E-state index contributed by atoms with van der Waals surface area (Å²) in [7, 11) is 0.